The Morgan fingerprint density at radius 1 is 0.417 bits per heavy atom. The predicted molar refractivity (Wildman–Crippen MR) is 363 cm³/mol. The number of hydrogen-bond acceptors (Lipinski definition) is 7. The second-order valence-corrected chi connectivity index (χ2v) is 27.5. The Bertz CT molecular complexity index is 1570. The largest absolute Gasteiger partial charge is 0.756 e. The van der Waals surface area contributed by atoms with Gasteiger partial charge >= 0.3 is 5.97 Å². The van der Waals surface area contributed by atoms with Crippen molar-refractivity contribution in [3.05, 3.63) is 48.6 Å². The van der Waals surface area contributed by atoms with Crippen LogP contribution in [0.15, 0.2) is 48.6 Å². The second kappa shape index (κ2) is 64.0. The zero-order chi connectivity index (χ0) is 61.4. The number of allylic oxidation sites excluding steroid dienone is 7. The Hall–Kier alpha value is -2.03. The Morgan fingerprint density at radius 3 is 1.11 bits per heavy atom. The van der Waals surface area contributed by atoms with Gasteiger partial charge in [-0.3, -0.25) is 14.2 Å². The van der Waals surface area contributed by atoms with Crippen LogP contribution in [0.3, 0.4) is 0 Å². The maximum atomic E-state index is 13.6. The average molecular weight is 1200 g/mol. The highest BCUT2D eigenvalue weighted by Crippen LogP contribution is 2.38. The van der Waals surface area contributed by atoms with Gasteiger partial charge < -0.3 is 28.5 Å². The number of esters is 1. The number of rotatable bonds is 67. The normalized spacial score (nSPS) is 13.8. The molecule has 0 aliphatic carbocycles. The minimum atomic E-state index is -4.70. The van der Waals surface area contributed by atoms with E-state index < -0.39 is 20.0 Å². The number of nitrogens with one attached hydrogen (secondary N) is 1. The van der Waals surface area contributed by atoms with Crippen LogP contribution in [-0.4, -0.2) is 69.4 Å². The van der Waals surface area contributed by atoms with E-state index in [1.807, 2.05) is 33.3 Å². The Kier molecular flexibility index (Phi) is 62.4. The minimum absolute atomic E-state index is 0.0214. The molecule has 0 aromatic carbocycles. The molecule has 0 bridgehead atoms. The van der Waals surface area contributed by atoms with Crippen LogP contribution in [0.25, 0.3) is 0 Å². The van der Waals surface area contributed by atoms with E-state index in [2.05, 4.69) is 62.5 Å². The van der Waals surface area contributed by atoms with Crippen LogP contribution in [-0.2, 0) is 27.9 Å². The first-order valence-corrected chi connectivity index (χ1v) is 37.9. The molecule has 0 saturated heterocycles. The Labute approximate surface area is 522 Å². The molecule has 0 heterocycles. The van der Waals surface area contributed by atoms with Crippen LogP contribution in [0.2, 0.25) is 0 Å². The Balaban J connectivity index is 5.03. The van der Waals surface area contributed by atoms with Crippen molar-refractivity contribution < 1.29 is 37.3 Å². The lowest BCUT2D eigenvalue weighted by Gasteiger charge is -2.30. The number of unbranched alkanes of at least 4 members (excludes halogenated alkanes) is 45. The standard InChI is InChI=1S/C74H141N2O7P/c1-7-10-13-16-19-22-25-28-30-32-34-36-38-40-42-44-46-48-51-54-57-60-63-66-73(77)75-71(70-82-84(79,80)81-69-68-76(4,5)6)72(65-62-59-56-53-50-27-24-21-18-15-12-9-3)83-74(78)67-64-61-58-55-52-49-47-45-43-41-39-37-35-33-31-29-26-23-20-17-14-11-8-2/h19,22,28,30,34,36,62,65,71-72H,7-18,20-21,23-27,29,31-33,35,37-61,63-64,66-70H2,1-6H3,(H-,75,77,79,80)/b22-19-,30-28-,36-34-,65-62+. The summed E-state index contributed by atoms with van der Waals surface area (Å²) in [5, 5.41) is 3.05. The van der Waals surface area contributed by atoms with Crippen molar-refractivity contribution in [2.45, 2.75) is 373 Å². The summed E-state index contributed by atoms with van der Waals surface area (Å²) in [5.74, 6) is -0.527. The van der Waals surface area contributed by atoms with Crippen LogP contribution < -0.4 is 10.2 Å². The van der Waals surface area contributed by atoms with Crippen LogP contribution in [0.4, 0.5) is 0 Å². The van der Waals surface area contributed by atoms with Crippen molar-refractivity contribution in [2.75, 3.05) is 40.9 Å². The number of ether oxygens (including phenoxy) is 1. The average Bonchev–Trinajstić information content (AvgIpc) is 3.64. The lowest BCUT2D eigenvalue weighted by atomic mass is 10.0. The van der Waals surface area contributed by atoms with Crippen molar-refractivity contribution in [1.82, 2.24) is 5.32 Å². The molecule has 0 aromatic heterocycles. The molecule has 10 heteroatoms. The van der Waals surface area contributed by atoms with E-state index in [0.29, 0.717) is 17.4 Å². The molecular formula is C74H141N2O7P. The maximum Gasteiger partial charge on any atom is 0.306 e. The van der Waals surface area contributed by atoms with Gasteiger partial charge in [-0.15, -0.1) is 0 Å². The molecule has 3 atom stereocenters. The van der Waals surface area contributed by atoms with Crippen molar-refractivity contribution >= 4 is 19.7 Å². The summed E-state index contributed by atoms with van der Waals surface area (Å²) in [6.45, 7) is 6.87. The first-order chi connectivity index (χ1) is 40.9. The fourth-order valence-electron chi connectivity index (χ4n) is 10.9. The quantitative estimate of drug-likeness (QED) is 0.0212. The highest BCUT2D eigenvalue weighted by molar-refractivity contribution is 7.45. The zero-order valence-electron chi connectivity index (χ0n) is 56.6. The number of nitrogens with zero attached hydrogens (tertiary/aromatic N) is 1. The molecule has 84 heavy (non-hydrogen) atoms. The number of phosphoric acid groups is 1. The Morgan fingerprint density at radius 2 is 0.726 bits per heavy atom. The van der Waals surface area contributed by atoms with E-state index in [4.69, 9.17) is 13.8 Å². The summed E-state index contributed by atoms with van der Waals surface area (Å²) >= 11 is 0. The molecule has 0 spiro atoms. The van der Waals surface area contributed by atoms with Gasteiger partial charge in [0.15, 0.2) is 0 Å². The zero-order valence-corrected chi connectivity index (χ0v) is 57.5. The topological polar surface area (TPSA) is 114 Å². The fourth-order valence-corrected chi connectivity index (χ4v) is 11.6. The van der Waals surface area contributed by atoms with E-state index in [-0.39, 0.29) is 31.5 Å². The highest BCUT2D eigenvalue weighted by atomic mass is 31.2. The van der Waals surface area contributed by atoms with Gasteiger partial charge in [0.2, 0.25) is 5.91 Å². The van der Waals surface area contributed by atoms with Gasteiger partial charge in [-0.2, -0.15) is 0 Å². The van der Waals surface area contributed by atoms with E-state index in [1.54, 1.807) is 0 Å². The number of hydrogen-bond donors (Lipinski definition) is 1. The molecule has 0 rings (SSSR count). The smallest absolute Gasteiger partial charge is 0.306 e. The fraction of sp³-hybridized carbons (Fsp3) is 0.865. The first-order valence-electron chi connectivity index (χ1n) is 36.4. The van der Waals surface area contributed by atoms with Gasteiger partial charge in [0.1, 0.15) is 19.3 Å². The number of carbonyl (C=O) groups excluding carboxylic acids is 2. The lowest BCUT2D eigenvalue weighted by Crippen LogP contribution is -2.47. The third kappa shape index (κ3) is 64.4. The van der Waals surface area contributed by atoms with Crippen molar-refractivity contribution in [1.29, 1.82) is 0 Å². The van der Waals surface area contributed by atoms with E-state index >= 15 is 0 Å². The summed E-state index contributed by atoms with van der Waals surface area (Å²) < 4.78 is 30.5. The van der Waals surface area contributed by atoms with Gasteiger partial charge in [0.05, 0.1) is 33.8 Å². The maximum absolute atomic E-state index is 13.6. The van der Waals surface area contributed by atoms with Crippen molar-refractivity contribution in [2.24, 2.45) is 0 Å². The number of phosphoric ester groups is 1. The third-order valence-electron chi connectivity index (χ3n) is 16.5. The van der Waals surface area contributed by atoms with Gasteiger partial charge in [-0.1, -0.05) is 327 Å². The third-order valence-corrected chi connectivity index (χ3v) is 17.5. The van der Waals surface area contributed by atoms with Crippen LogP contribution >= 0.6 is 7.82 Å². The van der Waals surface area contributed by atoms with Crippen LogP contribution in [0.5, 0.6) is 0 Å². The summed E-state index contributed by atoms with van der Waals surface area (Å²) in [6.07, 6.45) is 80.9. The monoisotopic (exact) mass is 1200 g/mol. The molecule has 3 unspecified atom stereocenters. The highest BCUT2D eigenvalue weighted by Gasteiger charge is 2.27. The summed E-state index contributed by atoms with van der Waals surface area (Å²) in [6, 6.07) is -0.889. The van der Waals surface area contributed by atoms with Crippen LogP contribution in [0, 0.1) is 0 Å². The SMILES string of the molecule is CCCCC/C=C\C/C=C\C/C=C\CCCCCCCCCCCCC(=O)NC(COP(=O)([O-])OCC[N+](C)(C)C)C(/C=C/CCCCCCCCCCCC)OC(=O)CCCCCCCCCCCCCCCCCCCCCCCCC. The summed E-state index contributed by atoms with van der Waals surface area (Å²) in [4.78, 5) is 40.2. The molecule has 0 aromatic rings. The number of carbonyl (C=O) groups is 2. The number of likely N-dealkylation sites (N-methyl/N-ethyl adjacent to an activating group) is 1. The predicted octanol–water partition coefficient (Wildman–Crippen LogP) is 22.6. The number of quaternary nitrogens is 1. The minimum Gasteiger partial charge on any atom is -0.756 e. The molecular weight excluding hydrogens is 1060 g/mol. The number of amides is 1. The summed E-state index contributed by atoms with van der Waals surface area (Å²) in [5.41, 5.74) is 0. The van der Waals surface area contributed by atoms with E-state index in [1.165, 1.54) is 250 Å². The summed E-state index contributed by atoms with van der Waals surface area (Å²) in [7, 11) is 1.20. The molecule has 1 amide bonds. The first kappa shape index (κ1) is 82.0. The molecule has 1 N–H and O–H groups in total. The van der Waals surface area contributed by atoms with Crippen LogP contribution in [0.1, 0.15) is 361 Å². The van der Waals surface area contributed by atoms with Gasteiger partial charge in [-0.25, -0.2) is 0 Å². The van der Waals surface area contributed by atoms with Gasteiger partial charge in [-0.05, 0) is 70.3 Å². The second-order valence-electron chi connectivity index (χ2n) is 26.1. The molecule has 0 aliphatic heterocycles. The molecule has 9 nitrogen and oxygen atoms in total. The van der Waals surface area contributed by atoms with E-state index in [9.17, 15) is 19.0 Å². The van der Waals surface area contributed by atoms with Gasteiger partial charge in [0, 0.05) is 12.8 Å². The van der Waals surface area contributed by atoms with Crippen molar-refractivity contribution in [3.63, 3.8) is 0 Å². The van der Waals surface area contributed by atoms with E-state index in [0.717, 1.165) is 77.0 Å². The lowest BCUT2D eigenvalue weighted by molar-refractivity contribution is -0.870. The molecule has 494 valence electrons. The molecule has 0 fully saturated rings. The molecule has 0 radical (unpaired) electrons. The molecule has 0 saturated carbocycles. The molecule has 0 aliphatic rings. The van der Waals surface area contributed by atoms with Gasteiger partial charge in [0.25, 0.3) is 7.82 Å². The van der Waals surface area contributed by atoms with Crippen molar-refractivity contribution in [3.8, 4) is 0 Å².